The van der Waals surface area contributed by atoms with Crippen LogP contribution in [0.5, 0.6) is 0 Å². The number of rotatable bonds is 1. The zero-order valence-electron chi connectivity index (χ0n) is 13.2. The molecule has 1 heterocycles. The summed E-state index contributed by atoms with van der Waals surface area (Å²) in [6.07, 6.45) is 9.18. The molecule has 4 heteroatoms. The van der Waals surface area contributed by atoms with E-state index in [1.54, 1.807) is 0 Å². The molecule has 0 aromatic heterocycles. The van der Waals surface area contributed by atoms with Gasteiger partial charge in [-0.05, 0) is 49.9 Å². The molecule has 4 unspecified atom stereocenters. The van der Waals surface area contributed by atoms with Crippen molar-refractivity contribution in [3.8, 4) is 0 Å². The Bertz CT molecular complexity index is 765. The van der Waals surface area contributed by atoms with Gasteiger partial charge in [0, 0.05) is 16.3 Å². The maximum absolute atomic E-state index is 13.1. The first kappa shape index (κ1) is 14.6. The Morgan fingerprint density at radius 1 is 0.875 bits per heavy atom. The number of fused-ring (bicyclic) bond motifs is 5. The molecular weight excluding hydrogens is 366 g/mol. The second kappa shape index (κ2) is 5.16. The van der Waals surface area contributed by atoms with E-state index in [0.717, 1.165) is 17.3 Å². The van der Waals surface area contributed by atoms with Crippen LogP contribution in [0.15, 0.2) is 52.0 Å². The number of halogens is 1. The number of allylic oxidation sites excluding steroid dienone is 4. The summed E-state index contributed by atoms with van der Waals surface area (Å²) in [6, 6.07) is 7.44. The Hall–Kier alpha value is -1.68. The fourth-order valence-electron chi connectivity index (χ4n) is 5.17. The lowest BCUT2D eigenvalue weighted by Gasteiger charge is -2.19. The standard InChI is InChI=1S/C20H18BrNO2/c21-12-5-7-13(8-6-12)22-19(23)17-14-9-10-15(18(17)20(22)24)16(14)11-3-1-2-4-11/h5-10,14-15,17-18H,1-4H2. The summed E-state index contributed by atoms with van der Waals surface area (Å²) in [5.41, 5.74) is 3.64. The van der Waals surface area contributed by atoms with Crippen LogP contribution in [0.3, 0.4) is 0 Å². The Labute approximate surface area is 149 Å². The molecule has 4 aliphatic rings. The van der Waals surface area contributed by atoms with Gasteiger partial charge >= 0.3 is 0 Å². The molecule has 0 N–H and O–H groups in total. The molecule has 4 atom stereocenters. The van der Waals surface area contributed by atoms with E-state index in [4.69, 9.17) is 0 Å². The molecule has 24 heavy (non-hydrogen) atoms. The SMILES string of the molecule is O=C1C2C3C=CC(C3=C3CCCC3)C2C(=O)N1c1ccc(Br)cc1. The number of nitrogens with zero attached hydrogens (tertiary/aromatic N) is 1. The first-order chi connectivity index (χ1) is 11.7. The molecule has 2 bridgehead atoms. The van der Waals surface area contributed by atoms with Gasteiger partial charge in [-0.3, -0.25) is 9.59 Å². The lowest BCUT2D eigenvalue weighted by Crippen LogP contribution is -2.33. The quantitative estimate of drug-likeness (QED) is 0.537. The van der Waals surface area contributed by atoms with E-state index >= 15 is 0 Å². The smallest absolute Gasteiger partial charge is 0.238 e. The topological polar surface area (TPSA) is 37.4 Å². The van der Waals surface area contributed by atoms with Crippen molar-refractivity contribution in [2.24, 2.45) is 23.7 Å². The van der Waals surface area contributed by atoms with Crippen molar-refractivity contribution in [3.63, 3.8) is 0 Å². The van der Waals surface area contributed by atoms with Gasteiger partial charge < -0.3 is 0 Å². The van der Waals surface area contributed by atoms with Gasteiger partial charge in [0.25, 0.3) is 0 Å². The van der Waals surface area contributed by atoms with Gasteiger partial charge in [0.2, 0.25) is 11.8 Å². The van der Waals surface area contributed by atoms with Crippen LogP contribution in [0, 0.1) is 23.7 Å². The molecular formula is C20H18BrNO2. The highest BCUT2D eigenvalue weighted by Crippen LogP contribution is 2.58. The normalized spacial score (nSPS) is 34.0. The van der Waals surface area contributed by atoms with Crippen molar-refractivity contribution < 1.29 is 9.59 Å². The number of benzene rings is 1. The summed E-state index contributed by atoms with van der Waals surface area (Å²) in [5.74, 6) is -0.0750. The van der Waals surface area contributed by atoms with Crippen molar-refractivity contribution >= 4 is 33.4 Å². The average molecular weight is 384 g/mol. The Morgan fingerprint density at radius 2 is 1.42 bits per heavy atom. The van der Waals surface area contributed by atoms with Crippen molar-refractivity contribution in [3.05, 3.63) is 52.0 Å². The van der Waals surface area contributed by atoms with Crippen LogP contribution in [0.4, 0.5) is 5.69 Å². The monoisotopic (exact) mass is 383 g/mol. The number of amides is 2. The van der Waals surface area contributed by atoms with E-state index in [0.29, 0.717) is 5.69 Å². The number of imide groups is 1. The second-order valence-electron chi connectivity index (χ2n) is 7.24. The van der Waals surface area contributed by atoms with Gasteiger partial charge in [0.05, 0.1) is 17.5 Å². The van der Waals surface area contributed by atoms with Crippen LogP contribution < -0.4 is 4.90 Å². The lowest BCUT2D eigenvalue weighted by atomic mass is 9.85. The third-order valence-electron chi connectivity index (χ3n) is 6.12. The summed E-state index contributed by atoms with van der Waals surface area (Å²) < 4.78 is 0.945. The Kier molecular flexibility index (Phi) is 3.15. The first-order valence-corrected chi connectivity index (χ1v) is 9.49. The van der Waals surface area contributed by atoms with Crippen LogP contribution >= 0.6 is 15.9 Å². The van der Waals surface area contributed by atoms with Crippen LogP contribution in [-0.4, -0.2) is 11.8 Å². The van der Waals surface area contributed by atoms with Gasteiger partial charge in [0.1, 0.15) is 0 Å². The molecule has 1 aromatic rings. The number of anilines is 1. The Balaban J connectivity index is 1.54. The molecule has 3 nitrogen and oxygen atoms in total. The highest BCUT2D eigenvalue weighted by atomic mass is 79.9. The average Bonchev–Trinajstić information content (AvgIpc) is 3.32. The van der Waals surface area contributed by atoms with Gasteiger partial charge in [-0.1, -0.05) is 39.2 Å². The fourth-order valence-corrected chi connectivity index (χ4v) is 5.43. The molecule has 3 aliphatic carbocycles. The van der Waals surface area contributed by atoms with Crippen LogP contribution in [0.1, 0.15) is 25.7 Å². The van der Waals surface area contributed by atoms with E-state index in [1.807, 2.05) is 24.3 Å². The van der Waals surface area contributed by atoms with Crippen LogP contribution in [0.25, 0.3) is 0 Å². The summed E-state index contributed by atoms with van der Waals surface area (Å²) in [4.78, 5) is 27.6. The van der Waals surface area contributed by atoms with Crippen molar-refractivity contribution in [2.45, 2.75) is 25.7 Å². The van der Waals surface area contributed by atoms with Gasteiger partial charge in [0.15, 0.2) is 0 Å². The fraction of sp³-hybridized carbons (Fsp3) is 0.400. The minimum atomic E-state index is -0.181. The third-order valence-corrected chi connectivity index (χ3v) is 6.64. The summed E-state index contributed by atoms with van der Waals surface area (Å²) in [6.45, 7) is 0. The molecule has 2 saturated carbocycles. The molecule has 0 spiro atoms. The predicted octanol–water partition coefficient (Wildman–Crippen LogP) is 4.24. The molecule has 122 valence electrons. The largest absolute Gasteiger partial charge is 0.274 e. The highest BCUT2D eigenvalue weighted by molar-refractivity contribution is 9.10. The van der Waals surface area contributed by atoms with Gasteiger partial charge in [-0.2, -0.15) is 0 Å². The molecule has 5 rings (SSSR count). The molecule has 1 aliphatic heterocycles. The van der Waals surface area contributed by atoms with Gasteiger partial charge in [-0.15, -0.1) is 0 Å². The third kappa shape index (κ3) is 1.83. The predicted molar refractivity (Wildman–Crippen MR) is 95.2 cm³/mol. The molecule has 1 aromatic carbocycles. The van der Waals surface area contributed by atoms with E-state index < -0.39 is 0 Å². The van der Waals surface area contributed by atoms with E-state index in [-0.39, 0.29) is 35.5 Å². The van der Waals surface area contributed by atoms with Crippen molar-refractivity contribution in [2.75, 3.05) is 4.90 Å². The minimum Gasteiger partial charge on any atom is -0.274 e. The maximum atomic E-state index is 13.1. The van der Waals surface area contributed by atoms with Gasteiger partial charge in [-0.25, -0.2) is 4.90 Å². The summed E-state index contributed by atoms with van der Waals surface area (Å²) >= 11 is 3.40. The molecule has 2 amide bonds. The number of carbonyl (C=O) groups is 2. The number of carbonyl (C=O) groups excluding carboxylic acids is 2. The Morgan fingerprint density at radius 3 is 1.96 bits per heavy atom. The summed E-state index contributed by atoms with van der Waals surface area (Å²) in [5, 5.41) is 0. The molecule has 1 saturated heterocycles. The second-order valence-corrected chi connectivity index (χ2v) is 8.16. The first-order valence-electron chi connectivity index (χ1n) is 8.70. The molecule has 0 radical (unpaired) electrons. The molecule has 3 fully saturated rings. The number of hydrogen-bond acceptors (Lipinski definition) is 2. The van der Waals surface area contributed by atoms with Crippen LogP contribution in [0.2, 0.25) is 0 Å². The van der Waals surface area contributed by atoms with Crippen molar-refractivity contribution in [1.29, 1.82) is 0 Å². The van der Waals surface area contributed by atoms with Crippen molar-refractivity contribution in [1.82, 2.24) is 0 Å². The zero-order chi connectivity index (χ0) is 16.4. The van der Waals surface area contributed by atoms with E-state index in [9.17, 15) is 9.59 Å². The number of hydrogen-bond donors (Lipinski definition) is 0. The zero-order valence-corrected chi connectivity index (χ0v) is 14.8. The van der Waals surface area contributed by atoms with Crippen LogP contribution in [-0.2, 0) is 9.59 Å². The van der Waals surface area contributed by atoms with E-state index in [2.05, 4.69) is 28.1 Å². The summed E-state index contributed by atoms with van der Waals surface area (Å²) in [7, 11) is 0. The maximum Gasteiger partial charge on any atom is 0.238 e. The minimum absolute atomic E-state index is 0.0136. The highest BCUT2D eigenvalue weighted by Gasteiger charge is 2.62. The lowest BCUT2D eigenvalue weighted by molar-refractivity contribution is -0.122. The van der Waals surface area contributed by atoms with E-state index in [1.165, 1.54) is 28.9 Å².